The van der Waals surface area contributed by atoms with E-state index >= 15 is 0 Å². The predicted molar refractivity (Wildman–Crippen MR) is 76.0 cm³/mol. The van der Waals surface area contributed by atoms with Crippen LogP contribution in [-0.2, 0) is 13.0 Å². The van der Waals surface area contributed by atoms with E-state index in [0.29, 0.717) is 12.1 Å². The minimum absolute atomic E-state index is 0.435. The first kappa shape index (κ1) is 13.1. The quantitative estimate of drug-likeness (QED) is 0.852. The minimum atomic E-state index is 0.435. The fourth-order valence-electron chi connectivity index (χ4n) is 3.44. The van der Waals surface area contributed by atoms with Crippen molar-refractivity contribution in [3.8, 4) is 0 Å². The zero-order valence-corrected chi connectivity index (χ0v) is 12.1. The van der Waals surface area contributed by atoms with E-state index in [2.05, 4.69) is 22.0 Å². The summed E-state index contributed by atoms with van der Waals surface area (Å²) >= 11 is 0. The van der Waals surface area contributed by atoms with E-state index in [0.717, 1.165) is 18.8 Å². The lowest BCUT2D eigenvalue weighted by atomic mass is 10.0. The Balaban J connectivity index is 1.70. The molecule has 0 bridgehead atoms. The van der Waals surface area contributed by atoms with Gasteiger partial charge in [-0.1, -0.05) is 32.6 Å². The van der Waals surface area contributed by atoms with Crippen LogP contribution in [0.2, 0.25) is 0 Å². The molecule has 1 aromatic heterocycles. The normalized spacial score (nSPS) is 25.0. The Morgan fingerprint density at radius 3 is 2.63 bits per heavy atom. The highest BCUT2D eigenvalue weighted by atomic mass is 15.4. The number of fused-ring (bicyclic) bond motifs is 1. The molecule has 1 unspecified atom stereocenters. The van der Waals surface area contributed by atoms with Crippen molar-refractivity contribution in [1.82, 2.24) is 20.1 Å². The SMILES string of the molecule is CCc1nc2n(n1)CCCC2NC1CCCCCC1. The van der Waals surface area contributed by atoms with Crippen molar-refractivity contribution in [2.24, 2.45) is 0 Å². The highest BCUT2D eigenvalue weighted by Gasteiger charge is 2.26. The standard InChI is InChI=1S/C15H26N4/c1-2-14-17-15-13(10-7-11-19(15)18-14)16-12-8-5-3-4-6-9-12/h12-13,16H,2-11H2,1H3. The van der Waals surface area contributed by atoms with Crippen LogP contribution in [0.25, 0.3) is 0 Å². The van der Waals surface area contributed by atoms with Crippen molar-refractivity contribution in [3.63, 3.8) is 0 Å². The van der Waals surface area contributed by atoms with Crippen LogP contribution >= 0.6 is 0 Å². The van der Waals surface area contributed by atoms with Crippen LogP contribution < -0.4 is 5.32 Å². The summed E-state index contributed by atoms with van der Waals surface area (Å²) in [5.41, 5.74) is 0. The van der Waals surface area contributed by atoms with Crippen LogP contribution in [0.1, 0.15) is 76.0 Å². The summed E-state index contributed by atoms with van der Waals surface area (Å²) in [5.74, 6) is 2.19. The number of rotatable bonds is 3. The Bertz CT molecular complexity index is 404. The third kappa shape index (κ3) is 2.99. The van der Waals surface area contributed by atoms with Crippen LogP contribution in [0, 0.1) is 0 Å². The Labute approximate surface area is 116 Å². The molecule has 1 aromatic rings. The number of hydrogen-bond acceptors (Lipinski definition) is 3. The highest BCUT2D eigenvalue weighted by Crippen LogP contribution is 2.26. The number of hydrogen-bond donors (Lipinski definition) is 1. The zero-order valence-electron chi connectivity index (χ0n) is 12.1. The van der Waals surface area contributed by atoms with E-state index in [1.807, 2.05) is 0 Å². The first-order chi connectivity index (χ1) is 9.36. The summed E-state index contributed by atoms with van der Waals surface area (Å²) in [4.78, 5) is 4.73. The zero-order chi connectivity index (χ0) is 13.1. The lowest BCUT2D eigenvalue weighted by Gasteiger charge is -2.27. The highest BCUT2D eigenvalue weighted by molar-refractivity contribution is 5.02. The van der Waals surface area contributed by atoms with Gasteiger partial charge in [-0.2, -0.15) is 5.10 Å². The molecule has 106 valence electrons. The van der Waals surface area contributed by atoms with E-state index in [4.69, 9.17) is 4.98 Å². The summed E-state index contributed by atoms with van der Waals surface area (Å²) in [7, 11) is 0. The molecule has 0 radical (unpaired) electrons. The van der Waals surface area contributed by atoms with Crippen LogP contribution in [0.4, 0.5) is 0 Å². The summed E-state index contributed by atoms with van der Waals surface area (Å²) in [6.07, 6.45) is 11.7. The van der Waals surface area contributed by atoms with Crippen LogP contribution in [0.3, 0.4) is 0 Å². The number of aryl methyl sites for hydroxylation is 2. The molecule has 0 aromatic carbocycles. The van der Waals surface area contributed by atoms with Crippen molar-refractivity contribution < 1.29 is 0 Å². The van der Waals surface area contributed by atoms with E-state index < -0.39 is 0 Å². The van der Waals surface area contributed by atoms with Crippen molar-refractivity contribution in [1.29, 1.82) is 0 Å². The monoisotopic (exact) mass is 262 g/mol. The summed E-state index contributed by atoms with van der Waals surface area (Å²) in [5, 5.41) is 8.46. The van der Waals surface area contributed by atoms with Crippen molar-refractivity contribution >= 4 is 0 Å². The van der Waals surface area contributed by atoms with Crippen molar-refractivity contribution in [3.05, 3.63) is 11.6 Å². The molecule has 1 aliphatic heterocycles. The van der Waals surface area contributed by atoms with Crippen molar-refractivity contribution in [2.75, 3.05) is 0 Å². The molecule has 2 heterocycles. The van der Waals surface area contributed by atoms with Gasteiger partial charge in [0.2, 0.25) is 0 Å². The smallest absolute Gasteiger partial charge is 0.150 e. The second kappa shape index (κ2) is 6.04. The lowest BCUT2D eigenvalue weighted by Crippen LogP contribution is -2.36. The van der Waals surface area contributed by atoms with Gasteiger partial charge in [0.15, 0.2) is 5.82 Å². The van der Waals surface area contributed by atoms with E-state index in [-0.39, 0.29) is 0 Å². The molecule has 0 saturated heterocycles. The number of aromatic nitrogens is 3. The fraction of sp³-hybridized carbons (Fsp3) is 0.867. The molecule has 0 spiro atoms. The van der Waals surface area contributed by atoms with Gasteiger partial charge in [-0.15, -0.1) is 0 Å². The number of nitrogens with one attached hydrogen (secondary N) is 1. The molecular weight excluding hydrogens is 236 g/mol. The van der Waals surface area contributed by atoms with Crippen molar-refractivity contribution in [2.45, 2.75) is 83.3 Å². The van der Waals surface area contributed by atoms with Gasteiger partial charge in [0.25, 0.3) is 0 Å². The van der Waals surface area contributed by atoms with Gasteiger partial charge in [-0.25, -0.2) is 9.67 Å². The molecule has 4 heteroatoms. The largest absolute Gasteiger partial charge is 0.305 e. The predicted octanol–water partition coefficient (Wildman–Crippen LogP) is 2.99. The maximum absolute atomic E-state index is 4.73. The summed E-state index contributed by atoms with van der Waals surface area (Å²) < 4.78 is 2.14. The lowest BCUT2D eigenvalue weighted by molar-refractivity contribution is 0.319. The Hall–Kier alpha value is -0.900. The molecule has 1 saturated carbocycles. The molecule has 3 rings (SSSR count). The molecule has 2 aliphatic rings. The molecule has 1 N–H and O–H groups in total. The maximum atomic E-state index is 4.73. The fourth-order valence-corrected chi connectivity index (χ4v) is 3.44. The molecule has 19 heavy (non-hydrogen) atoms. The van der Waals surface area contributed by atoms with E-state index in [1.54, 1.807) is 0 Å². The Morgan fingerprint density at radius 2 is 1.89 bits per heavy atom. The maximum Gasteiger partial charge on any atom is 0.150 e. The molecular formula is C15H26N4. The van der Waals surface area contributed by atoms with Gasteiger partial charge in [0.1, 0.15) is 5.82 Å². The number of nitrogens with zero attached hydrogens (tertiary/aromatic N) is 3. The van der Waals surface area contributed by atoms with E-state index in [1.165, 1.54) is 57.2 Å². The molecule has 1 aliphatic carbocycles. The molecule has 4 nitrogen and oxygen atoms in total. The van der Waals surface area contributed by atoms with Gasteiger partial charge in [0, 0.05) is 19.0 Å². The van der Waals surface area contributed by atoms with Gasteiger partial charge in [0.05, 0.1) is 6.04 Å². The van der Waals surface area contributed by atoms with E-state index in [9.17, 15) is 0 Å². The van der Waals surface area contributed by atoms with Gasteiger partial charge < -0.3 is 5.32 Å². The molecule has 1 atom stereocenters. The van der Waals surface area contributed by atoms with Gasteiger partial charge >= 0.3 is 0 Å². The first-order valence-corrected chi connectivity index (χ1v) is 8.06. The van der Waals surface area contributed by atoms with Gasteiger partial charge in [-0.05, 0) is 25.7 Å². The van der Waals surface area contributed by atoms with Crippen LogP contribution in [-0.4, -0.2) is 20.8 Å². The van der Waals surface area contributed by atoms with Gasteiger partial charge in [-0.3, -0.25) is 0 Å². The molecule has 1 fully saturated rings. The summed E-state index contributed by atoms with van der Waals surface area (Å²) in [6.45, 7) is 3.18. The Kier molecular flexibility index (Phi) is 4.16. The Morgan fingerprint density at radius 1 is 1.11 bits per heavy atom. The molecule has 0 amide bonds. The second-order valence-electron chi connectivity index (χ2n) is 6.01. The first-order valence-electron chi connectivity index (χ1n) is 8.06. The average molecular weight is 262 g/mol. The van der Waals surface area contributed by atoms with Crippen LogP contribution in [0.5, 0.6) is 0 Å². The summed E-state index contributed by atoms with van der Waals surface area (Å²) in [6, 6.07) is 1.13. The third-order valence-electron chi connectivity index (χ3n) is 4.53. The topological polar surface area (TPSA) is 42.7 Å². The van der Waals surface area contributed by atoms with Crippen LogP contribution in [0.15, 0.2) is 0 Å². The third-order valence-corrected chi connectivity index (χ3v) is 4.53. The average Bonchev–Trinajstić information content (AvgIpc) is 2.70. The second-order valence-corrected chi connectivity index (χ2v) is 6.01. The minimum Gasteiger partial charge on any atom is -0.305 e.